The molecule has 138 valence electrons. The van der Waals surface area contributed by atoms with Gasteiger partial charge in [0.2, 0.25) is 0 Å². The van der Waals surface area contributed by atoms with Crippen molar-refractivity contribution >= 4 is 47.1 Å². The SMILES string of the molecule is CCCCN1C(=O)C(=C2SCCCS2)C(=O)N(c2ccccc2F)C1=O. The van der Waals surface area contributed by atoms with Crippen LogP contribution in [0.4, 0.5) is 14.9 Å². The van der Waals surface area contributed by atoms with Crippen LogP contribution in [0.15, 0.2) is 34.1 Å². The van der Waals surface area contributed by atoms with Gasteiger partial charge in [-0.2, -0.15) is 0 Å². The number of para-hydroxylation sites is 1. The Balaban J connectivity index is 2.08. The first-order valence-corrected chi connectivity index (χ1v) is 10.5. The number of urea groups is 1. The summed E-state index contributed by atoms with van der Waals surface area (Å²) in [5, 5.41) is 0. The number of amides is 4. The van der Waals surface area contributed by atoms with Gasteiger partial charge in [-0.05, 0) is 36.5 Å². The summed E-state index contributed by atoms with van der Waals surface area (Å²) in [5.74, 6) is -0.357. The van der Waals surface area contributed by atoms with Crippen molar-refractivity contribution in [2.24, 2.45) is 0 Å². The Kier molecular flexibility index (Phi) is 6.03. The number of barbiturate groups is 1. The zero-order valence-corrected chi connectivity index (χ0v) is 16.0. The van der Waals surface area contributed by atoms with E-state index in [0.717, 1.165) is 34.1 Å². The van der Waals surface area contributed by atoms with Crippen LogP contribution in [0.25, 0.3) is 0 Å². The third-order valence-corrected chi connectivity index (χ3v) is 6.71. The zero-order valence-electron chi connectivity index (χ0n) is 14.4. The largest absolute Gasteiger partial charge is 0.338 e. The summed E-state index contributed by atoms with van der Waals surface area (Å²) in [6, 6.07) is 4.84. The summed E-state index contributed by atoms with van der Waals surface area (Å²) in [6.07, 6.45) is 2.41. The van der Waals surface area contributed by atoms with Gasteiger partial charge >= 0.3 is 6.03 Å². The lowest BCUT2D eigenvalue weighted by molar-refractivity contribution is -0.129. The topological polar surface area (TPSA) is 57.7 Å². The molecule has 2 aliphatic heterocycles. The number of hydrogen-bond acceptors (Lipinski definition) is 5. The molecule has 4 amide bonds. The van der Waals surface area contributed by atoms with Crippen LogP contribution in [0.2, 0.25) is 0 Å². The number of thioether (sulfide) groups is 2. The van der Waals surface area contributed by atoms with Crippen molar-refractivity contribution in [3.8, 4) is 0 Å². The number of imide groups is 2. The van der Waals surface area contributed by atoms with E-state index in [0.29, 0.717) is 10.7 Å². The van der Waals surface area contributed by atoms with Gasteiger partial charge in [-0.1, -0.05) is 25.5 Å². The van der Waals surface area contributed by atoms with Crippen LogP contribution < -0.4 is 4.90 Å². The Labute approximate surface area is 160 Å². The number of rotatable bonds is 4. The van der Waals surface area contributed by atoms with Crippen molar-refractivity contribution in [1.82, 2.24) is 4.90 Å². The van der Waals surface area contributed by atoms with Gasteiger partial charge in [0.05, 0.1) is 9.92 Å². The van der Waals surface area contributed by atoms with Crippen molar-refractivity contribution in [3.63, 3.8) is 0 Å². The fraction of sp³-hybridized carbons (Fsp3) is 0.389. The minimum Gasteiger partial charge on any atom is -0.268 e. The number of benzene rings is 1. The second-order valence-electron chi connectivity index (χ2n) is 5.90. The molecule has 26 heavy (non-hydrogen) atoms. The third-order valence-electron chi connectivity index (χ3n) is 4.09. The molecule has 0 aliphatic carbocycles. The molecule has 8 heteroatoms. The van der Waals surface area contributed by atoms with E-state index in [1.165, 1.54) is 41.7 Å². The van der Waals surface area contributed by atoms with Gasteiger partial charge in [0.15, 0.2) is 0 Å². The second-order valence-corrected chi connectivity index (χ2v) is 8.37. The van der Waals surface area contributed by atoms with Crippen molar-refractivity contribution in [2.75, 3.05) is 23.0 Å². The van der Waals surface area contributed by atoms with Crippen LogP contribution in [-0.2, 0) is 9.59 Å². The molecule has 5 nitrogen and oxygen atoms in total. The number of anilines is 1. The average Bonchev–Trinajstić information content (AvgIpc) is 2.64. The lowest BCUT2D eigenvalue weighted by Gasteiger charge is -2.35. The molecule has 0 bridgehead atoms. The van der Waals surface area contributed by atoms with E-state index < -0.39 is 23.7 Å². The van der Waals surface area contributed by atoms with Gasteiger partial charge in [0.25, 0.3) is 11.8 Å². The van der Waals surface area contributed by atoms with Gasteiger partial charge in [-0.15, -0.1) is 23.5 Å². The lowest BCUT2D eigenvalue weighted by atomic mass is 10.1. The molecule has 0 aromatic heterocycles. The maximum Gasteiger partial charge on any atom is 0.338 e. The summed E-state index contributed by atoms with van der Waals surface area (Å²) in [5.41, 5.74) is -0.140. The standard InChI is InChI=1S/C18H19FN2O3S2/c1-2-3-9-20-15(22)14(17-25-10-6-11-26-17)16(23)21(18(20)24)13-8-5-4-7-12(13)19/h4-5,7-8H,2-3,6,9-11H2,1H3. The summed E-state index contributed by atoms with van der Waals surface area (Å²) < 4.78 is 14.9. The van der Waals surface area contributed by atoms with Crippen LogP contribution in [-0.4, -0.2) is 40.8 Å². The molecule has 2 saturated heterocycles. The highest BCUT2D eigenvalue weighted by atomic mass is 32.2. The van der Waals surface area contributed by atoms with Gasteiger partial charge in [-0.25, -0.2) is 14.1 Å². The van der Waals surface area contributed by atoms with E-state index >= 15 is 0 Å². The first kappa shape index (κ1) is 19.0. The van der Waals surface area contributed by atoms with E-state index in [1.807, 2.05) is 6.92 Å². The molecule has 2 fully saturated rings. The molecular weight excluding hydrogens is 375 g/mol. The van der Waals surface area contributed by atoms with E-state index in [2.05, 4.69) is 0 Å². The maximum absolute atomic E-state index is 14.3. The Morgan fingerprint density at radius 2 is 1.77 bits per heavy atom. The zero-order chi connectivity index (χ0) is 18.7. The second kappa shape index (κ2) is 8.26. The van der Waals surface area contributed by atoms with E-state index in [-0.39, 0.29) is 17.8 Å². The number of carbonyl (C=O) groups is 3. The van der Waals surface area contributed by atoms with E-state index in [9.17, 15) is 18.8 Å². The minimum absolute atomic E-state index is 0.0151. The van der Waals surface area contributed by atoms with Gasteiger partial charge < -0.3 is 0 Å². The highest BCUT2D eigenvalue weighted by Gasteiger charge is 2.45. The van der Waals surface area contributed by atoms with Crippen LogP contribution in [0.3, 0.4) is 0 Å². The predicted molar refractivity (Wildman–Crippen MR) is 102 cm³/mol. The summed E-state index contributed by atoms with van der Waals surface area (Å²) >= 11 is 2.90. The van der Waals surface area contributed by atoms with Crippen molar-refractivity contribution in [2.45, 2.75) is 26.2 Å². The maximum atomic E-state index is 14.3. The first-order valence-electron chi connectivity index (χ1n) is 8.51. The van der Waals surface area contributed by atoms with Gasteiger partial charge in [-0.3, -0.25) is 14.5 Å². The number of hydrogen-bond donors (Lipinski definition) is 0. The van der Waals surface area contributed by atoms with Gasteiger partial charge in [0, 0.05) is 6.54 Å². The van der Waals surface area contributed by atoms with E-state index in [4.69, 9.17) is 0 Å². The summed E-state index contributed by atoms with van der Waals surface area (Å²) in [7, 11) is 0. The molecule has 0 saturated carbocycles. The minimum atomic E-state index is -0.784. The third kappa shape index (κ3) is 3.53. The number of halogens is 1. The van der Waals surface area contributed by atoms with Crippen molar-refractivity contribution < 1.29 is 18.8 Å². The lowest BCUT2D eigenvalue weighted by Crippen LogP contribution is -2.57. The normalized spacial score (nSPS) is 18.8. The Hall–Kier alpha value is -1.80. The van der Waals surface area contributed by atoms with Crippen molar-refractivity contribution in [3.05, 3.63) is 39.9 Å². The van der Waals surface area contributed by atoms with Crippen LogP contribution in [0, 0.1) is 5.82 Å². The van der Waals surface area contributed by atoms with Crippen LogP contribution >= 0.6 is 23.5 Å². The van der Waals surface area contributed by atoms with Crippen molar-refractivity contribution in [1.29, 1.82) is 0 Å². The molecule has 1 aromatic carbocycles. The molecule has 3 rings (SSSR count). The number of carbonyl (C=O) groups excluding carboxylic acids is 3. The molecule has 0 unspecified atom stereocenters. The Morgan fingerprint density at radius 1 is 1.08 bits per heavy atom. The number of unbranched alkanes of at least 4 members (excludes halogenated alkanes) is 1. The number of nitrogens with zero attached hydrogens (tertiary/aromatic N) is 2. The first-order chi connectivity index (χ1) is 12.6. The molecule has 0 N–H and O–H groups in total. The van der Waals surface area contributed by atoms with Crippen LogP contribution in [0.1, 0.15) is 26.2 Å². The average molecular weight is 394 g/mol. The van der Waals surface area contributed by atoms with Gasteiger partial charge in [0.1, 0.15) is 11.4 Å². The Morgan fingerprint density at radius 3 is 2.42 bits per heavy atom. The van der Waals surface area contributed by atoms with E-state index in [1.54, 1.807) is 6.07 Å². The highest BCUT2D eigenvalue weighted by Crippen LogP contribution is 2.40. The Bertz CT molecular complexity index is 773. The monoisotopic (exact) mass is 394 g/mol. The quantitative estimate of drug-likeness (QED) is 0.571. The molecule has 0 atom stereocenters. The fourth-order valence-corrected chi connectivity index (χ4v) is 5.34. The molecule has 0 radical (unpaired) electrons. The molecule has 2 aliphatic rings. The molecule has 1 aromatic rings. The summed E-state index contributed by atoms with van der Waals surface area (Å²) in [6.45, 7) is 2.16. The summed E-state index contributed by atoms with van der Waals surface area (Å²) in [4.78, 5) is 40.6. The van der Waals surface area contributed by atoms with Crippen LogP contribution in [0.5, 0.6) is 0 Å². The molecule has 0 spiro atoms. The molecular formula is C18H19FN2O3S2. The predicted octanol–water partition coefficient (Wildman–Crippen LogP) is 4.00. The fourth-order valence-electron chi connectivity index (χ4n) is 2.74. The molecule has 2 heterocycles. The smallest absolute Gasteiger partial charge is 0.268 e. The highest BCUT2D eigenvalue weighted by molar-refractivity contribution is 8.22.